The van der Waals surface area contributed by atoms with Crippen LogP contribution in [0.15, 0.2) is 24.3 Å². The molecular formula is C15H23NO2. The van der Waals surface area contributed by atoms with E-state index in [0.29, 0.717) is 6.42 Å². The molecule has 0 saturated heterocycles. The van der Waals surface area contributed by atoms with Crippen molar-refractivity contribution in [3.8, 4) is 5.75 Å². The average molecular weight is 249 g/mol. The van der Waals surface area contributed by atoms with Gasteiger partial charge in [-0.15, -0.1) is 0 Å². The molecule has 3 nitrogen and oxygen atoms in total. The third-order valence-electron chi connectivity index (χ3n) is 3.45. The fourth-order valence-electron chi connectivity index (χ4n) is 1.80. The SMILES string of the molecule is CCC(C)C(N)C(=O)CCc1ccc(OC)cc1. The van der Waals surface area contributed by atoms with Crippen LogP contribution in [0, 0.1) is 5.92 Å². The van der Waals surface area contributed by atoms with E-state index in [0.717, 1.165) is 24.2 Å². The topological polar surface area (TPSA) is 52.3 Å². The van der Waals surface area contributed by atoms with Crippen LogP contribution in [-0.4, -0.2) is 18.9 Å². The largest absolute Gasteiger partial charge is 0.497 e. The van der Waals surface area contributed by atoms with Crippen LogP contribution in [0.5, 0.6) is 5.75 Å². The zero-order chi connectivity index (χ0) is 13.5. The Morgan fingerprint density at radius 2 is 1.94 bits per heavy atom. The Morgan fingerprint density at radius 1 is 1.33 bits per heavy atom. The molecule has 0 aliphatic carbocycles. The molecule has 0 aliphatic heterocycles. The molecule has 3 heteroatoms. The molecule has 1 aromatic rings. The molecule has 0 amide bonds. The molecule has 2 atom stereocenters. The second-order valence-electron chi connectivity index (χ2n) is 4.73. The molecule has 0 radical (unpaired) electrons. The van der Waals surface area contributed by atoms with Crippen molar-refractivity contribution in [3.63, 3.8) is 0 Å². The fourth-order valence-corrected chi connectivity index (χ4v) is 1.80. The van der Waals surface area contributed by atoms with E-state index in [1.54, 1.807) is 7.11 Å². The Labute approximate surface area is 109 Å². The third kappa shape index (κ3) is 4.15. The summed E-state index contributed by atoms with van der Waals surface area (Å²) in [4.78, 5) is 11.9. The highest BCUT2D eigenvalue weighted by atomic mass is 16.5. The predicted octanol–water partition coefficient (Wildman–Crippen LogP) is 2.57. The molecule has 1 rings (SSSR count). The monoisotopic (exact) mass is 249 g/mol. The van der Waals surface area contributed by atoms with Crippen LogP contribution in [0.3, 0.4) is 0 Å². The van der Waals surface area contributed by atoms with Gasteiger partial charge in [0.2, 0.25) is 0 Å². The summed E-state index contributed by atoms with van der Waals surface area (Å²) in [5.41, 5.74) is 7.05. The summed E-state index contributed by atoms with van der Waals surface area (Å²) in [7, 11) is 1.64. The molecule has 2 unspecified atom stereocenters. The van der Waals surface area contributed by atoms with Crippen LogP contribution in [-0.2, 0) is 11.2 Å². The summed E-state index contributed by atoms with van der Waals surface area (Å²) in [5.74, 6) is 1.25. The minimum absolute atomic E-state index is 0.153. The van der Waals surface area contributed by atoms with Gasteiger partial charge in [-0.25, -0.2) is 0 Å². The maximum absolute atomic E-state index is 11.9. The smallest absolute Gasteiger partial charge is 0.150 e. The normalized spacial score (nSPS) is 14.0. The summed E-state index contributed by atoms with van der Waals surface area (Å²) in [6.07, 6.45) is 2.19. The molecule has 0 bridgehead atoms. The quantitative estimate of drug-likeness (QED) is 0.808. The first-order valence-corrected chi connectivity index (χ1v) is 6.49. The first-order chi connectivity index (χ1) is 8.58. The molecule has 2 N–H and O–H groups in total. The predicted molar refractivity (Wildman–Crippen MR) is 73.8 cm³/mol. The summed E-state index contributed by atoms with van der Waals surface area (Å²) in [5, 5.41) is 0. The first kappa shape index (κ1) is 14.7. The van der Waals surface area contributed by atoms with Crippen LogP contribution < -0.4 is 10.5 Å². The second kappa shape index (κ2) is 7.17. The molecule has 0 fully saturated rings. The van der Waals surface area contributed by atoms with Crippen molar-refractivity contribution in [2.45, 2.75) is 39.2 Å². The van der Waals surface area contributed by atoms with Crippen molar-refractivity contribution < 1.29 is 9.53 Å². The van der Waals surface area contributed by atoms with Gasteiger partial charge in [0.1, 0.15) is 11.5 Å². The van der Waals surface area contributed by atoms with Gasteiger partial charge < -0.3 is 10.5 Å². The number of carbonyl (C=O) groups excluding carboxylic acids is 1. The van der Waals surface area contributed by atoms with Gasteiger partial charge in [0.05, 0.1) is 13.2 Å². The number of hydrogen-bond donors (Lipinski definition) is 1. The van der Waals surface area contributed by atoms with Crippen LogP contribution >= 0.6 is 0 Å². The van der Waals surface area contributed by atoms with Crippen molar-refractivity contribution >= 4 is 5.78 Å². The van der Waals surface area contributed by atoms with Gasteiger partial charge in [-0.3, -0.25) is 4.79 Å². The molecule has 0 aromatic heterocycles. The summed E-state index contributed by atoms with van der Waals surface area (Å²) in [6, 6.07) is 7.47. The average Bonchev–Trinajstić information content (AvgIpc) is 2.43. The number of methoxy groups -OCH3 is 1. The van der Waals surface area contributed by atoms with Gasteiger partial charge in [-0.2, -0.15) is 0 Å². The number of carbonyl (C=O) groups is 1. The summed E-state index contributed by atoms with van der Waals surface area (Å²) < 4.78 is 5.09. The van der Waals surface area contributed by atoms with E-state index in [2.05, 4.69) is 6.92 Å². The third-order valence-corrected chi connectivity index (χ3v) is 3.45. The lowest BCUT2D eigenvalue weighted by atomic mass is 9.93. The molecule has 0 aliphatic rings. The highest BCUT2D eigenvalue weighted by Gasteiger charge is 2.18. The Kier molecular flexibility index (Phi) is 5.86. The number of nitrogens with two attached hydrogens (primary N) is 1. The maximum atomic E-state index is 11.9. The standard InChI is InChI=1S/C15H23NO2/c1-4-11(2)15(16)14(17)10-7-12-5-8-13(18-3)9-6-12/h5-6,8-9,11,15H,4,7,10,16H2,1-3H3. The molecule has 0 spiro atoms. The van der Waals surface area contributed by atoms with Gasteiger partial charge in [-0.05, 0) is 30.0 Å². The minimum Gasteiger partial charge on any atom is -0.497 e. The number of ether oxygens (including phenoxy) is 1. The Balaban J connectivity index is 2.46. The van der Waals surface area contributed by atoms with Gasteiger partial charge in [0, 0.05) is 6.42 Å². The van der Waals surface area contributed by atoms with E-state index >= 15 is 0 Å². The van der Waals surface area contributed by atoms with Crippen molar-refractivity contribution in [2.75, 3.05) is 7.11 Å². The Hall–Kier alpha value is -1.35. The van der Waals surface area contributed by atoms with Crippen molar-refractivity contribution in [1.82, 2.24) is 0 Å². The molecule has 0 heterocycles. The molecule has 1 aromatic carbocycles. The van der Waals surface area contributed by atoms with E-state index in [1.165, 1.54) is 0 Å². The van der Waals surface area contributed by atoms with E-state index < -0.39 is 0 Å². The van der Waals surface area contributed by atoms with Crippen LogP contribution in [0.2, 0.25) is 0 Å². The van der Waals surface area contributed by atoms with Gasteiger partial charge in [-0.1, -0.05) is 32.4 Å². The second-order valence-corrected chi connectivity index (χ2v) is 4.73. The van der Waals surface area contributed by atoms with Crippen molar-refractivity contribution in [1.29, 1.82) is 0 Å². The molecular weight excluding hydrogens is 226 g/mol. The van der Waals surface area contributed by atoms with E-state index in [9.17, 15) is 4.79 Å². The van der Waals surface area contributed by atoms with Gasteiger partial charge in [0.25, 0.3) is 0 Å². The summed E-state index contributed by atoms with van der Waals surface area (Å²) in [6.45, 7) is 4.08. The number of hydrogen-bond acceptors (Lipinski definition) is 3. The molecule has 100 valence electrons. The van der Waals surface area contributed by atoms with Crippen LogP contribution in [0.1, 0.15) is 32.3 Å². The molecule has 0 saturated carbocycles. The minimum atomic E-state index is -0.326. The van der Waals surface area contributed by atoms with Crippen molar-refractivity contribution in [3.05, 3.63) is 29.8 Å². The zero-order valence-electron chi connectivity index (χ0n) is 11.5. The summed E-state index contributed by atoms with van der Waals surface area (Å²) >= 11 is 0. The Bertz CT molecular complexity index is 373. The molecule has 18 heavy (non-hydrogen) atoms. The lowest BCUT2D eigenvalue weighted by molar-refractivity contribution is -0.121. The van der Waals surface area contributed by atoms with E-state index in [4.69, 9.17) is 10.5 Å². The lowest BCUT2D eigenvalue weighted by Gasteiger charge is -2.16. The van der Waals surface area contributed by atoms with Gasteiger partial charge in [0.15, 0.2) is 0 Å². The zero-order valence-corrected chi connectivity index (χ0v) is 11.5. The van der Waals surface area contributed by atoms with E-state index in [1.807, 2.05) is 31.2 Å². The fraction of sp³-hybridized carbons (Fsp3) is 0.533. The van der Waals surface area contributed by atoms with Crippen LogP contribution in [0.4, 0.5) is 0 Å². The van der Waals surface area contributed by atoms with Crippen molar-refractivity contribution in [2.24, 2.45) is 11.7 Å². The number of aryl methyl sites for hydroxylation is 1. The van der Waals surface area contributed by atoms with E-state index in [-0.39, 0.29) is 17.7 Å². The first-order valence-electron chi connectivity index (χ1n) is 6.49. The number of benzene rings is 1. The number of Topliss-reactive ketones (excluding diaryl/α,β-unsaturated/α-hetero) is 1. The van der Waals surface area contributed by atoms with Crippen LogP contribution in [0.25, 0.3) is 0 Å². The van der Waals surface area contributed by atoms with Gasteiger partial charge >= 0.3 is 0 Å². The number of ketones is 1. The highest BCUT2D eigenvalue weighted by molar-refractivity contribution is 5.84. The maximum Gasteiger partial charge on any atom is 0.150 e. The number of rotatable bonds is 7. The highest BCUT2D eigenvalue weighted by Crippen LogP contribution is 2.14. The lowest BCUT2D eigenvalue weighted by Crippen LogP contribution is -2.36. The Morgan fingerprint density at radius 3 is 2.44 bits per heavy atom.